The molecule has 0 aliphatic heterocycles. The summed E-state index contributed by atoms with van der Waals surface area (Å²) in [5.74, 6) is 3.73. The number of nitrogens with one attached hydrogen (secondary N) is 1. The highest BCUT2D eigenvalue weighted by atomic mass is 16.4. The first kappa shape index (κ1) is 16.4. The third kappa shape index (κ3) is 3.35. The molecule has 1 amide bonds. The summed E-state index contributed by atoms with van der Waals surface area (Å²) in [6.45, 7) is 4.04. The number of nitrogens with zero attached hydrogens (tertiary/aromatic N) is 1. The average Bonchev–Trinajstić information content (AvgIpc) is 3.32. The van der Waals surface area contributed by atoms with E-state index >= 15 is 0 Å². The Balaban J connectivity index is 1.38. The molecule has 132 valence electrons. The van der Waals surface area contributed by atoms with Crippen LogP contribution in [0.25, 0.3) is 11.5 Å². The normalized spacial score (nSPS) is 25.9. The minimum atomic E-state index is 0.0475. The minimum absolute atomic E-state index is 0.0475. The van der Waals surface area contributed by atoms with Gasteiger partial charge in [-0.3, -0.25) is 4.79 Å². The molecular formula is C21H26N2O2. The molecule has 4 nitrogen and oxygen atoms in total. The Morgan fingerprint density at radius 2 is 2.08 bits per heavy atom. The molecule has 2 fully saturated rings. The third-order valence-electron chi connectivity index (χ3n) is 6.07. The van der Waals surface area contributed by atoms with Crippen LogP contribution in [-0.4, -0.2) is 16.9 Å². The number of hydrogen-bond donors (Lipinski definition) is 1. The summed E-state index contributed by atoms with van der Waals surface area (Å²) in [6, 6.07) is 10.1. The largest absolute Gasteiger partial charge is 0.441 e. The van der Waals surface area contributed by atoms with Gasteiger partial charge in [-0.15, -0.1) is 0 Å². The Bertz CT molecular complexity index is 753. The lowest BCUT2D eigenvalue weighted by molar-refractivity contribution is -0.121. The number of carbonyl (C=O) groups excluding carboxylic acids is 1. The van der Waals surface area contributed by atoms with Crippen molar-refractivity contribution >= 4 is 5.91 Å². The van der Waals surface area contributed by atoms with Gasteiger partial charge in [-0.05, 0) is 63.0 Å². The number of oxazole rings is 1. The van der Waals surface area contributed by atoms with Gasteiger partial charge in [0.25, 0.3) is 0 Å². The van der Waals surface area contributed by atoms with Gasteiger partial charge in [-0.2, -0.15) is 0 Å². The van der Waals surface area contributed by atoms with Gasteiger partial charge in [-0.25, -0.2) is 4.98 Å². The van der Waals surface area contributed by atoms with Crippen LogP contribution in [0.3, 0.4) is 0 Å². The summed E-state index contributed by atoms with van der Waals surface area (Å²) < 4.78 is 5.76. The van der Waals surface area contributed by atoms with Crippen molar-refractivity contribution in [3.05, 3.63) is 41.8 Å². The monoisotopic (exact) mass is 338 g/mol. The molecule has 0 spiro atoms. The first-order chi connectivity index (χ1) is 12.1. The first-order valence-corrected chi connectivity index (χ1v) is 9.41. The van der Waals surface area contributed by atoms with E-state index in [9.17, 15) is 4.79 Å². The molecule has 2 saturated carbocycles. The molecule has 0 radical (unpaired) electrons. The van der Waals surface area contributed by atoms with Crippen molar-refractivity contribution in [3.63, 3.8) is 0 Å². The number of hydrogen-bond acceptors (Lipinski definition) is 3. The molecule has 1 heterocycles. The molecule has 2 aliphatic carbocycles. The van der Waals surface area contributed by atoms with Gasteiger partial charge < -0.3 is 9.73 Å². The van der Waals surface area contributed by atoms with Crippen LogP contribution in [0.15, 0.2) is 34.7 Å². The lowest BCUT2D eigenvalue weighted by Crippen LogP contribution is -2.40. The number of amides is 1. The Hall–Kier alpha value is -2.10. The van der Waals surface area contributed by atoms with Crippen LogP contribution >= 0.6 is 0 Å². The van der Waals surface area contributed by atoms with Crippen LogP contribution in [-0.2, 0) is 11.2 Å². The highest BCUT2D eigenvalue weighted by Crippen LogP contribution is 2.49. The van der Waals surface area contributed by atoms with Gasteiger partial charge >= 0.3 is 0 Å². The van der Waals surface area contributed by atoms with Crippen molar-refractivity contribution in [1.82, 2.24) is 10.3 Å². The zero-order valence-corrected chi connectivity index (χ0v) is 15.0. The lowest BCUT2D eigenvalue weighted by Gasteiger charge is -2.28. The SMILES string of the molecule is Cc1oc(-c2ccccc2)nc1CC(=O)NC(C)C1CC2CCC1C2. The molecule has 4 rings (SSSR count). The second kappa shape index (κ2) is 6.66. The van der Waals surface area contributed by atoms with Crippen LogP contribution in [0.1, 0.15) is 44.1 Å². The summed E-state index contributed by atoms with van der Waals surface area (Å²) >= 11 is 0. The lowest BCUT2D eigenvalue weighted by atomic mass is 9.84. The number of rotatable bonds is 5. The van der Waals surface area contributed by atoms with Gasteiger partial charge in [0.2, 0.25) is 11.8 Å². The molecule has 4 unspecified atom stereocenters. The highest BCUT2D eigenvalue weighted by Gasteiger charge is 2.42. The van der Waals surface area contributed by atoms with Crippen LogP contribution < -0.4 is 5.32 Å². The average molecular weight is 338 g/mol. The first-order valence-electron chi connectivity index (χ1n) is 9.41. The summed E-state index contributed by atoms with van der Waals surface area (Å²) in [5, 5.41) is 3.21. The fourth-order valence-corrected chi connectivity index (χ4v) is 4.77. The summed E-state index contributed by atoms with van der Waals surface area (Å²) in [5.41, 5.74) is 1.67. The predicted molar refractivity (Wildman–Crippen MR) is 96.9 cm³/mol. The van der Waals surface area contributed by atoms with Crippen molar-refractivity contribution in [2.75, 3.05) is 0 Å². The molecule has 2 bridgehead atoms. The van der Waals surface area contributed by atoms with E-state index in [1.54, 1.807) is 0 Å². The maximum atomic E-state index is 12.5. The Kier molecular flexibility index (Phi) is 4.36. The van der Waals surface area contributed by atoms with E-state index in [-0.39, 0.29) is 18.4 Å². The number of aryl methyl sites for hydroxylation is 1. The van der Waals surface area contributed by atoms with Gasteiger partial charge in [-0.1, -0.05) is 24.6 Å². The van der Waals surface area contributed by atoms with Gasteiger partial charge in [0.15, 0.2) is 0 Å². The predicted octanol–water partition coefficient (Wildman–Crippen LogP) is 4.13. The molecule has 2 aliphatic rings. The number of carbonyl (C=O) groups is 1. The van der Waals surface area contributed by atoms with Crippen molar-refractivity contribution in [2.45, 2.75) is 52.0 Å². The fraction of sp³-hybridized carbons (Fsp3) is 0.524. The van der Waals surface area contributed by atoms with Gasteiger partial charge in [0.05, 0.1) is 12.1 Å². The Morgan fingerprint density at radius 1 is 1.28 bits per heavy atom. The molecule has 1 aromatic heterocycles. The summed E-state index contributed by atoms with van der Waals surface area (Å²) in [4.78, 5) is 17.0. The summed E-state index contributed by atoms with van der Waals surface area (Å²) in [6.07, 6.45) is 5.68. The molecule has 1 N–H and O–H groups in total. The minimum Gasteiger partial charge on any atom is -0.441 e. The van der Waals surface area contributed by atoms with Crippen LogP contribution in [0.2, 0.25) is 0 Å². The maximum Gasteiger partial charge on any atom is 0.226 e. The van der Waals surface area contributed by atoms with E-state index in [0.29, 0.717) is 11.8 Å². The zero-order chi connectivity index (χ0) is 17.4. The van der Waals surface area contributed by atoms with E-state index in [1.165, 1.54) is 25.7 Å². The molecule has 25 heavy (non-hydrogen) atoms. The molecule has 0 saturated heterocycles. The van der Waals surface area contributed by atoms with Crippen LogP contribution in [0.4, 0.5) is 0 Å². The van der Waals surface area contributed by atoms with Crippen molar-refractivity contribution in [3.8, 4) is 11.5 Å². The van der Waals surface area contributed by atoms with E-state index in [4.69, 9.17) is 4.42 Å². The van der Waals surface area contributed by atoms with E-state index in [2.05, 4.69) is 17.2 Å². The van der Waals surface area contributed by atoms with Crippen molar-refractivity contribution in [1.29, 1.82) is 0 Å². The molecule has 4 heteroatoms. The Morgan fingerprint density at radius 3 is 2.76 bits per heavy atom. The van der Waals surface area contributed by atoms with Gasteiger partial charge in [0.1, 0.15) is 5.76 Å². The van der Waals surface area contributed by atoms with Crippen LogP contribution in [0.5, 0.6) is 0 Å². The quantitative estimate of drug-likeness (QED) is 0.891. The van der Waals surface area contributed by atoms with Gasteiger partial charge in [0, 0.05) is 11.6 Å². The number of aromatic nitrogens is 1. The number of fused-ring (bicyclic) bond motifs is 2. The van der Waals surface area contributed by atoms with E-state index < -0.39 is 0 Å². The second-order valence-electron chi connectivity index (χ2n) is 7.76. The van der Waals surface area contributed by atoms with Crippen molar-refractivity contribution in [2.24, 2.45) is 17.8 Å². The second-order valence-corrected chi connectivity index (χ2v) is 7.76. The maximum absolute atomic E-state index is 12.5. The fourth-order valence-electron chi connectivity index (χ4n) is 4.77. The van der Waals surface area contributed by atoms with Crippen LogP contribution in [0, 0.1) is 24.7 Å². The van der Waals surface area contributed by atoms with E-state index in [0.717, 1.165) is 28.9 Å². The highest BCUT2D eigenvalue weighted by molar-refractivity contribution is 5.78. The molecule has 4 atom stereocenters. The van der Waals surface area contributed by atoms with Crippen molar-refractivity contribution < 1.29 is 9.21 Å². The Labute approximate surface area is 149 Å². The van der Waals surface area contributed by atoms with E-state index in [1.807, 2.05) is 37.3 Å². The third-order valence-corrected chi connectivity index (χ3v) is 6.07. The smallest absolute Gasteiger partial charge is 0.226 e. The molecule has 1 aromatic carbocycles. The summed E-state index contributed by atoms with van der Waals surface area (Å²) in [7, 11) is 0. The topological polar surface area (TPSA) is 55.1 Å². The number of benzene rings is 1. The standard InChI is InChI=1S/C21H26N2O2/c1-13(18-11-15-8-9-17(18)10-15)22-20(24)12-19-14(2)25-21(23-19)16-6-4-3-5-7-16/h3-7,13,15,17-18H,8-12H2,1-2H3,(H,22,24). The zero-order valence-electron chi connectivity index (χ0n) is 15.0. The molecular weight excluding hydrogens is 312 g/mol. The molecule has 2 aromatic rings.